The van der Waals surface area contributed by atoms with E-state index in [9.17, 15) is 13.2 Å². The summed E-state index contributed by atoms with van der Waals surface area (Å²) in [7, 11) is -3.06. The van der Waals surface area contributed by atoms with Gasteiger partial charge in [-0.2, -0.15) is 0 Å². The Hall–Kier alpha value is -0.820. The van der Waals surface area contributed by atoms with Gasteiger partial charge in [0, 0.05) is 6.54 Å². The second-order valence-corrected chi connectivity index (χ2v) is 6.60. The lowest BCUT2D eigenvalue weighted by Crippen LogP contribution is -2.42. The number of aliphatic hydroxyl groups excluding tert-OH is 1. The lowest BCUT2D eigenvalue weighted by Gasteiger charge is -2.22. The Morgan fingerprint density at radius 2 is 2.25 bits per heavy atom. The van der Waals surface area contributed by atoms with Crippen LogP contribution in [0.25, 0.3) is 0 Å². The van der Waals surface area contributed by atoms with Crippen molar-refractivity contribution < 1.29 is 23.1 Å². The maximum atomic E-state index is 11.6. The van der Waals surface area contributed by atoms with Gasteiger partial charge in [-0.25, -0.2) is 13.2 Å². The van der Waals surface area contributed by atoms with Crippen LogP contribution < -0.4 is 0 Å². The number of hydrogen-bond donors (Lipinski definition) is 1. The predicted octanol–water partition coefficient (Wildman–Crippen LogP) is -0.623. The summed E-state index contributed by atoms with van der Waals surface area (Å²) in [5, 5.41) is 8.54. The maximum absolute atomic E-state index is 11.6. The summed E-state index contributed by atoms with van der Waals surface area (Å²) in [6.07, 6.45) is 0.713. The Balaban J connectivity index is 2.06. The van der Waals surface area contributed by atoms with Crippen molar-refractivity contribution in [2.24, 2.45) is 0 Å². The minimum atomic E-state index is -3.06. The van der Waals surface area contributed by atoms with E-state index in [-0.39, 0.29) is 25.5 Å². The maximum Gasteiger partial charge on any atom is 0.410 e. The molecule has 2 aliphatic heterocycles. The number of carbonyl (C=O) groups excluding carboxylic acids is 1. The summed E-state index contributed by atoms with van der Waals surface area (Å²) in [6.45, 7) is 0.0903. The molecule has 2 atom stereocenters. The van der Waals surface area contributed by atoms with Crippen LogP contribution in [0.1, 0.15) is 12.8 Å². The van der Waals surface area contributed by atoms with E-state index in [1.807, 2.05) is 0 Å². The first-order valence-corrected chi connectivity index (χ1v) is 7.02. The third kappa shape index (κ3) is 2.01. The molecule has 0 spiro atoms. The molecule has 2 heterocycles. The van der Waals surface area contributed by atoms with Crippen LogP contribution >= 0.6 is 0 Å². The Bertz CT molecular complexity index is 379. The molecule has 2 rings (SSSR count). The summed E-state index contributed by atoms with van der Waals surface area (Å²) < 4.78 is 28.0. The van der Waals surface area contributed by atoms with Crippen LogP contribution in [-0.2, 0) is 14.6 Å². The number of cyclic esters (lactones) is 1. The number of rotatable bonds is 3. The van der Waals surface area contributed by atoms with Gasteiger partial charge < -0.3 is 9.84 Å². The molecule has 0 saturated carbocycles. The average molecular weight is 249 g/mol. The van der Waals surface area contributed by atoms with E-state index >= 15 is 0 Å². The van der Waals surface area contributed by atoms with Gasteiger partial charge in [0.05, 0.1) is 23.7 Å². The molecule has 6 nitrogen and oxygen atoms in total. The number of sulfone groups is 1. The molecule has 1 N–H and O–H groups in total. The second-order valence-electron chi connectivity index (χ2n) is 4.20. The van der Waals surface area contributed by atoms with Crippen molar-refractivity contribution in [2.75, 3.05) is 25.5 Å². The monoisotopic (exact) mass is 249 g/mol. The molecule has 2 aliphatic rings. The highest BCUT2D eigenvalue weighted by Gasteiger charge is 2.39. The van der Waals surface area contributed by atoms with E-state index in [4.69, 9.17) is 9.84 Å². The lowest BCUT2D eigenvalue weighted by molar-refractivity contribution is 0.153. The minimum absolute atomic E-state index is 0.141. The molecule has 2 saturated heterocycles. The quantitative estimate of drug-likeness (QED) is 0.720. The third-order valence-corrected chi connectivity index (χ3v) is 5.41. The van der Waals surface area contributed by atoms with Crippen molar-refractivity contribution in [3.8, 4) is 0 Å². The molecule has 0 aromatic heterocycles. The number of hydrogen-bond acceptors (Lipinski definition) is 5. The summed E-state index contributed by atoms with van der Waals surface area (Å²) in [5.74, 6) is 0.199. The normalized spacial score (nSPS) is 33.1. The van der Waals surface area contributed by atoms with E-state index in [0.29, 0.717) is 12.8 Å². The highest BCUT2D eigenvalue weighted by atomic mass is 32.2. The fourth-order valence-corrected chi connectivity index (χ4v) is 3.96. The number of ether oxygens (including phenoxy) is 1. The first kappa shape index (κ1) is 11.7. The van der Waals surface area contributed by atoms with Gasteiger partial charge in [0.2, 0.25) is 0 Å². The smallest absolute Gasteiger partial charge is 0.410 e. The summed E-state index contributed by atoms with van der Waals surface area (Å²) >= 11 is 0. The zero-order chi connectivity index (χ0) is 11.8. The summed E-state index contributed by atoms with van der Waals surface area (Å²) in [6, 6.07) is -0.400. The number of aliphatic hydroxyl groups is 1. The van der Waals surface area contributed by atoms with Crippen LogP contribution in [0.15, 0.2) is 0 Å². The topological polar surface area (TPSA) is 83.9 Å². The van der Waals surface area contributed by atoms with Crippen molar-refractivity contribution in [1.82, 2.24) is 4.90 Å². The largest absolute Gasteiger partial charge is 0.447 e. The van der Waals surface area contributed by atoms with Gasteiger partial charge in [-0.15, -0.1) is 0 Å². The number of nitrogens with zero attached hydrogens (tertiary/aromatic N) is 1. The Labute approximate surface area is 94.1 Å². The van der Waals surface area contributed by atoms with E-state index in [2.05, 4.69) is 0 Å². The van der Waals surface area contributed by atoms with Gasteiger partial charge in [0.15, 0.2) is 9.84 Å². The van der Waals surface area contributed by atoms with Crippen molar-refractivity contribution in [2.45, 2.75) is 24.1 Å². The molecule has 1 amide bonds. The van der Waals surface area contributed by atoms with Gasteiger partial charge >= 0.3 is 6.09 Å². The van der Waals surface area contributed by atoms with Crippen LogP contribution in [0.2, 0.25) is 0 Å². The van der Waals surface area contributed by atoms with Crippen LogP contribution in [-0.4, -0.2) is 61.3 Å². The molecule has 2 fully saturated rings. The summed E-state index contributed by atoms with van der Waals surface area (Å²) in [4.78, 5) is 12.7. The molecule has 92 valence electrons. The molecule has 16 heavy (non-hydrogen) atoms. The van der Waals surface area contributed by atoms with E-state index < -0.39 is 27.2 Å². The SMILES string of the molecule is O=C1OCC(CO)N1CC1CCCS1(=O)=O. The fourth-order valence-electron chi connectivity index (χ4n) is 2.15. The molecular formula is C9H15NO5S. The van der Waals surface area contributed by atoms with Gasteiger partial charge in [-0.3, -0.25) is 4.90 Å². The Morgan fingerprint density at radius 3 is 2.81 bits per heavy atom. The molecular weight excluding hydrogens is 234 g/mol. The minimum Gasteiger partial charge on any atom is -0.447 e. The average Bonchev–Trinajstić information content (AvgIpc) is 2.73. The Kier molecular flexibility index (Phi) is 3.07. The molecule has 0 aromatic carbocycles. The molecule has 0 aromatic rings. The van der Waals surface area contributed by atoms with Crippen molar-refractivity contribution >= 4 is 15.9 Å². The van der Waals surface area contributed by atoms with Crippen LogP contribution in [0.5, 0.6) is 0 Å². The van der Waals surface area contributed by atoms with Crippen LogP contribution in [0.3, 0.4) is 0 Å². The van der Waals surface area contributed by atoms with E-state index in [1.165, 1.54) is 4.90 Å². The molecule has 0 aliphatic carbocycles. The van der Waals surface area contributed by atoms with Gasteiger partial charge in [0.25, 0.3) is 0 Å². The third-order valence-electron chi connectivity index (χ3n) is 3.15. The predicted molar refractivity (Wildman–Crippen MR) is 55.7 cm³/mol. The molecule has 2 unspecified atom stereocenters. The first-order valence-electron chi connectivity index (χ1n) is 5.30. The molecule has 0 bridgehead atoms. The van der Waals surface area contributed by atoms with Crippen LogP contribution in [0.4, 0.5) is 4.79 Å². The van der Waals surface area contributed by atoms with Crippen LogP contribution in [0, 0.1) is 0 Å². The Morgan fingerprint density at radius 1 is 1.50 bits per heavy atom. The zero-order valence-electron chi connectivity index (χ0n) is 8.83. The highest BCUT2D eigenvalue weighted by Crippen LogP contribution is 2.23. The molecule has 7 heteroatoms. The van der Waals surface area contributed by atoms with Crippen molar-refractivity contribution in [3.05, 3.63) is 0 Å². The zero-order valence-corrected chi connectivity index (χ0v) is 9.65. The number of amides is 1. The van der Waals surface area contributed by atoms with E-state index in [0.717, 1.165) is 0 Å². The van der Waals surface area contributed by atoms with Crippen molar-refractivity contribution in [1.29, 1.82) is 0 Å². The van der Waals surface area contributed by atoms with Gasteiger partial charge in [0.1, 0.15) is 6.61 Å². The second kappa shape index (κ2) is 4.21. The molecule has 0 radical (unpaired) electrons. The van der Waals surface area contributed by atoms with Gasteiger partial charge in [-0.05, 0) is 12.8 Å². The fraction of sp³-hybridized carbons (Fsp3) is 0.889. The standard InChI is InChI=1S/C9H15NO5S/c11-5-7-6-15-9(12)10(7)4-8-2-1-3-16(8,13)14/h7-8,11H,1-6H2. The highest BCUT2D eigenvalue weighted by molar-refractivity contribution is 7.92. The number of carbonyl (C=O) groups is 1. The van der Waals surface area contributed by atoms with Crippen molar-refractivity contribution in [3.63, 3.8) is 0 Å². The van der Waals surface area contributed by atoms with Gasteiger partial charge in [-0.1, -0.05) is 0 Å². The summed E-state index contributed by atoms with van der Waals surface area (Å²) in [5.41, 5.74) is 0. The lowest BCUT2D eigenvalue weighted by atomic mass is 10.2. The first-order chi connectivity index (χ1) is 7.54. The van der Waals surface area contributed by atoms with E-state index in [1.54, 1.807) is 0 Å².